The van der Waals surface area contributed by atoms with Crippen LogP contribution in [0.2, 0.25) is 10.0 Å². The van der Waals surface area contributed by atoms with E-state index in [1.165, 1.54) is 0 Å². The highest BCUT2D eigenvalue weighted by Gasteiger charge is 2.50. The first kappa shape index (κ1) is 45.5. The molecule has 0 atom stereocenters. The third-order valence-electron chi connectivity index (χ3n) is 10.0. The van der Waals surface area contributed by atoms with Gasteiger partial charge in [-0.1, -0.05) is 53.5 Å². The number of fused-ring (bicyclic) bond motifs is 1. The average Bonchev–Trinajstić information content (AvgIpc) is 3.14. The highest BCUT2D eigenvalue weighted by atomic mass is 35.5. The summed E-state index contributed by atoms with van der Waals surface area (Å²) in [6.07, 6.45) is 3.57. The van der Waals surface area contributed by atoms with E-state index < -0.39 is 15.5 Å². The molecule has 1 fully saturated rings. The van der Waals surface area contributed by atoms with Crippen molar-refractivity contribution in [3.8, 4) is 5.88 Å². The molecular weight excluding hydrogens is 812 g/mol. The number of hydrogen-bond donors (Lipinski definition) is 2. The summed E-state index contributed by atoms with van der Waals surface area (Å²) in [4.78, 5) is 17.5. The molecule has 1 aromatic heterocycles. The summed E-state index contributed by atoms with van der Waals surface area (Å²) in [7, 11) is -5.42. The van der Waals surface area contributed by atoms with Gasteiger partial charge in [0.25, 0.3) is 0 Å². The van der Waals surface area contributed by atoms with E-state index in [-0.39, 0.29) is 54.9 Å². The van der Waals surface area contributed by atoms with Crippen molar-refractivity contribution in [3.63, 3.8) is 0 Å². The second-order valence-electron chi connectivity index (χ2n) is 16.4. The molecule has 1 aliphatic heterocycles. The van der Waals surface area contributed by atoms with Crippen molar-refractivity contribution in [2.45, 2.75) is 108 Å². The van der Waals surface area contributed by atoms with Gasteiger partial charge in [0.05, 0.1) is 17.7 Å². The molecule has 15 heteroatoms. The van der Waals surface area contributed by atoms with Crippen LogP contribution in [0.4, 0.5) is 18.9 Å². The zero-order valence-electron chi connectivity index (χ0n) is 33.6. The van der Waals surface area contributed by atoms with Crippen LogP contribution in [-0.4, -0.2) is 72.6 Å². The summed E-state index contributed by atoms with van der Waals surface area (Å²) in [5, 5.41) is 8.58. The number of alkyl halides is 3. The topological polar surface area (TPSA) is 110 Å². The fourth-order valence-corrected chi connectivity index (χ4v) is 8.18. The Morgan fingerprint density at radius 2 is 1.43 bits per heavy atom. The third-order valence-corrected chi connectivity index (χ3v) is 12.2. The van der Waals surface area contributed by atoms with Gasteiger partial charge in [0.15, 0.2) is 0 Å². The molecule has 0 aliphatic carbocycles. The summed E-state index contributed by atoms with van der Waals surface area (Å²) >= 11 is 12.5. The second kappa shape index (κ2) is 19.2. The summed E-state index contributed by atoms with van der Waals surface area (Å²) in [5.41, 5.74) is -1.72. The van der Waals surface area contributed by atoms with Gasteiger partial charge in [0.2, 0.25) is 11.8 Å². The lowest BCUT2D eigenvalue weighted by Crippen LogP contribution is -2.47. The summed E-state index contributed by atoms with van der Waals surface area (Å²) in [5.74, 6) is 0.155. The molecule has 2 heterocycles. The lowest BCUT2D eigenvalue weighted by atomic mass is 9.84. The van der Waals surface area contributed by atoms with Crippen LogP contribution < -0.4 is 15.4 Å². The van der Waals surface area contributed by atoms with E-state index in [0.717, 1.165) is 28.5 Å². The predicted molar refractivity (Wildman–Crippen MR) is 225 cm³/mol. The van der Waals surface area contributed by atoms with Crippen molar-refractivity contribution in [1.82, 2.24) is 14.6 Å². The molecule has 1 amide bonds. The Morgan fingerprint density at radius 1 is 0.845 bits per heavy atom. The lowest BCUT2D eigenvalue weighted by Gasteiger charge is -2.32. The number of benzene rings is 3. The molecule has 3 aromatic carbocycles. The molecule has 0 unspecified atom stereocenters. The third kappa shape index (κ3) is 12.7. The van der Waals surface area contributed by atoms with Gasteiger partial charge in [-0.2, -0.15) is 17.5 Å². The van der Waals surface area contributed by atoms with Crippen LogP contribution in [-0.2, 0) is 19.6 Å². The quantitative estimate of drug-likeness (QED) is 0.0803. The summed E-state index contributed by atoms with van der Waals surface area (Å²) in [6.45, 7) is 10.4. The number of piperidine rings is 1. The number of unbranched alkanes of at least 4 members (excludes halogenated alkanes) is 2. The SMILES string of the molecule is CC(C)(CCOC(C)(C)C)NC(=O)CCCCCOc1cc(NC2CCN(S(=O)(=O)C(F)(F)F)CC2)c2cc(C(c3ccc(Cl)cc3)c3ccc(Cl)cc3)ccc2n1. The van der Waals surface area contributed by atoms with Gasteiger partial charge in [0, 0.05) is 70.8 Å². The Bertz CT molecular complexity index is 2060. The minimum atomic E-state index is -5.42. The fraction of sp³-hybridized carbons (Fsp3) is 0.488. The van der Waals surface area contributed by atoms with Gasteiger partial charge < -0.3 is 20.1 Å². The van der Waals surface area contributed by atoms with E-state index in [2.05, 4.69) is 10.6 Å². The van der Waals surface area contributed by atoms with Crippen LogP contribution in [0.5, 0.6) is 5.88 Å². The molecule has 1 saturated heterocycles. The number of nitrogens with one attached hydrogen (secondary N) is 2. The van der Waals surface area contributed by atoms with Crippen LogP contribution in [0.15, 0.2) is 72.8 Å². The number of amides is 1. The summed E-state index contributed by atoms with van der Waals surface area (Å²) < 4.78 is 76.6. The standard InChI is InChI=1S/C43H53Cl2F3N4O5S/c1-41(2,3)57-26-22-42(4,5)51-38(53)9-7-6-8-25-56-39-28-37(49-34-20-23-52(24-21-34)58(54,55)43(46,47)48)35-27-31(14-19-36(35)50-39)40(29-10-15-32(44)16-11-29)30-12-17-33(45)18-13-30/h10-19,27-28,34,40H,6-9,20-26H2,1-5H3,(H,49,50)(H,51,53). The Labute approximate surface area is 350 Å². The first-order valence-corrected chi connectivity index (χ1v) is 21.8. The number of nitrogens with zero attached hydrogens (tertiary/aromatic N) is 2. The first-order chi connectivity index (χ1) is 27.2. The average molecular weight is 866 g/mol. The smallest absolute Gasteiger partial charge is 0.478 e. The highest BCUT2D eigenvalue weighted by molar-refractivity contribution is 7.90. The molecule has 4 aromatic rings. The van der Waals surface area contributed by atoms with Gasteiger partial charge in [-0.25, -0.2) is 13.4 Å². The number of aromatic nitrogens is 1. The Hall–Kier alpha value is -3.62. The van der Waals surface area contributed by atoms with Crippen molar-refractivity contribution < 1.29 is 35.9 Å². The van der Waals surface area contributed by atoms with Crippen molar-refractivity contribution >= 4 is 55.7 Å². The van der Waals surface area contributed by atoms with E-state index in [1.54, 1.807) is 6.07 Å². The monoisotopic (exact) mass is 864 g/mol. The molecule has 0 spiro atoms. The number of carbonyl (C=O) groups is 1. The Morgan fingerprint density at radius 3 is 2.00 bits per heavy atom. The van der Waals surface area contributed by atoms with Crippen LogP contribution >= 0.6 is 23.2 Å². The number of ether oxygens (including phenoxy) is 2. The van der Waals surface area contributed by atoms with Crippen molar-refractivity contribution in [2.24, 2.45) is 0 Å². The van der Waals surface area contributed by atoms with Crippen molar-refractivity contribution in [2.75, 3.05) is 31.6 Å². The zero-order chi connectivity index (χ0) is 42.3. The number of anilines is 1. The van der Waals surface area contributed by atoms with Gasteiger partial charge >= 0.3 is 15.5 Å². The van der Waals surface area contributed by atoms with Gasteiger partial charge in [-0.15, -0.1) is 0 Å². The molecule has 0 saturated carbocycles. The van der Waals surface area contributed by atoms with E-state index in [9.17, 15) is 26.4 Å². The normalized spacial score (nSPS) is 14.9. The maximum Gasteiger partial charge on any atom is 0.511 e. The Kier molecular flexibility index (Phi) is 15.0. The molecule has 58 heavy (non-hydrogen) atoms. The number of pyridine rings is 1. The van der Waals surface area contributed by atoms with Gasteiger partial charge in [-0.05, 0) is 126 Å². The number of hydrogen-bond acceptors (Lipinski definition) is 7. The maximum absolute atomic E-state index is 13.3. The highest BCUT2D eigenvalue weighted by Crippen LogP contribution is 2.38. The van der Waals surface area contributed by atoms with Crippen LogP contribution in [0.3, 0.4) is 0 Å². The minimum absolute atomic E-state index is 0.0100. The number of halogens is 5. The van der Waals surface area contributed by atoms with E-state index >= 15 is 0 Å². The van der Waals surface area contributed by atoms with E-state index in [0.29, 0.717) is 70.3 Å². The van der Waals surface area contributed by atoms with E-state index in [1.807, 2.05) is 101 Å². The van der Waals surface area contributed by atoms with Gasteiger partial charge in [0.1, 0.15) is 0 Å². The minimum Gasteiger partial charge on any atom is -0.478 e. The summed E-state index contributed by atoms with van der Waals surface area (Å²) in [6, 6.07) is 22.7. The Balaban J connectivity index is 1.31. The maximum atomic E-state index is 13.3. The zero-order valence-corrected chi connectivity index (χ0v) is 35.9. The first-order valence-electron chi connectivity index (χ1n) is 19.6. The number of carbonyl (C=O) groups excluding carboxylic acids is 1. The largest absolute Gasteiger partial charge is 0.511 e. The van der Waals surface area contributed by atoms with Crippen molar-refractivity contribution in [1.29, 1.82) is 0 Å². The molecule has 2 N–H and O–H groups in total. The fourth-order valence-electron chi connectivity index (χ4n) is 6.94. The van der Waals surface area contributed by atoms with Crippen LogP contribution in [0.25, 0.3) is 10.9 Å². The van der Waals surface area contributed by atoms with Crippen molar-refractivity contribution in [3.05, 3.63) is 99.5 Å². The molecule has 5 rings (SSSR count). The molecule has 1 aliphatic rings. The molecule has 0 bridgehead atoms. The predicted octanol–water partition coefficient (Wildman–Crippen LogP) is 10.5. The molecule has 0 radical (unpaired) electrons. The number of sulfonamides is 1. The number of rotatable bonds is 17. The van der Waals surface area contributed by atoms with Crippen LogP contribution in [0, 0.1) is 0 Å². The lowest BCUT2D eigenvalue weighted by molar-refractivity contribution is -0.123. The van der Waals surface area contributed by atoms with Crippen LogP contribution in [0.1, 0.15) is 102 Å². The second-order valence-corrected chi connectivity index (χ2v) is 19.2. The molecule has 316 valence electrons. The van der Waals surface area contributed by atoms with Gasteiger partial charge in [-0.3, -0.25) is 4.79 Å². The molecule has 9 nitrogen and oxygen atoms in total. The molecular formula is C43H53Cl2F3N4O5S. The van der Waals surface area contributed by atoms with E-state index in [4.69, 9.17) is 37.7 Å².